The summed E-state index contributed by atoms with van der Waals surface area (Å²) in [7, 11) is 1.60. The number of aryl methyl sites for hydroxylation is 1. The Morgan fingerprint density at radius 3 is 2.71 bits per heavy atom. The molecule has 0 radical (unpaired) electrons. The molecule has 0 fully saturated rings. The molecule has 0 saturated carbocycles. The van der Waals surface area contributed by atoms with Crippen LogP contribution in [0.5, 0.6) is 5.75 Å². The Labute approximate surface area is 121 Å². The minimum Gasteiger partial charge on any atom is -0.497 e. The number of nitrogens with one attached hydrogen (secondary N) is 1. The zero-order valence-corrected chi connectivity index (χ0v) is 11.7. The first-order valence-corrected chi connectivity index (χ1v) is 6.47. The van der Waals surface area contributed by atoms with Crippen molar-refractivity contribution in [2.24, 2.45) is 0 Å². The molecule has 0 aliphatic rings. The van der Waals surface area contributed by atoms with E-state index in [0.29, 0.717) is 17.0 Å². The summed E-state index contributed by atoms with van der Waals surface area (Å²) < 4.78 is 10.8. The average Bonchev–Trinajstić information content (AvgIpc) is 2.85. The van der Waals surface area contributed by atoms with E-state index in [4.69, 9.17) is 9.15 Å². The second-order valence-corrected chi connectivity index (χ2v) is 4.61. The summed E-state index contributed by atoms with van der Waals surface area (Å²) in [6, 6.07) is 8.90. The van der Waals surface area contributed by atoms with Crippen molar-refractivity contribution in [3.05, 3.63) is 54.0 Å². The van der Waals surface area contributed by atoms with Gasteiger partial charge in [-0.15, -0.1) is 0 Å². The van der Waals surface area contributed by atoms with Gasteiger partial charge in [0.2, 0.25) is 0 Å². The Balaban J connectivity index is 1.96. The SMILES string of the molecule is COc1ccc2oc(C(=O)Nc3ccncc3)c(C)c2c1. The van der Waals surface area contributed by atoms with Crippen molar-refractivity contribution < 1.29 is 13.9 Å². The quantitative estimate of drug-likeness (QED) is 0.799. The third kappa shape index (κ3) is 2.45. The van der Waals surface area contributed by atoms with Gasteiger partial charge in [0.15, 0.2) is 5.76 Å². The van der Waals surface area contributed by atoms with E-state index in [1.54, 1.807) is 43.8 Å². The van der Waals surface area contributed by atoms with Gasteiger partial charge in [-0.25, -0.2) is 0 Å². The van der Waals surface area contributed by atoms with E-state index in [-0.39, 0.29) is 5.91 Å². The highest BCUT2D eigenvalue weighted by molar-refractivity contribution is 6.06. The predicted octanol–water partition coefficient (Wildman–Crippen LogP) is 3.40. The molecule has 2 aromatic heterocycles. The Kier molecular flexibility index (Phi) is 3.31. The first-order chi connectivity index (χ1) is 10.2. The molecule has 5 heteroatoms. The lowest BCUT2D eigenvalue weighted by atomic mass is 10.1. The summed E-state index contributed by atoms with van der Waals surface area (Å²) in [4.78, 5) is 16.2. The smallest absolute Gasteiger partial charge is 0.291 e. The third-order valence-electron chi connectivity index (χ3n) is 3.29. The number of carbonyl (C=O) groups is 1. The number of aromatic nitrogens is 1. The van der Waals surface area contributed by atoms with Gasteiger partial charge in [-0.1, -0.05) is 0 Å². The molecule has 5 nitrogen and oxygen atoms in total. The van der Waals surface area contributed by atoms with Crippen molar-refractivity contribution in [2.45, 2.75) is 6.92 Å². The molecule has 0 aliphatic carbocycles. The largest absolute Gasteiger partial charge is 0.497 e. The van der Waals surface area contributed by atoms with Crippen LogP contribution >= 0.6 is 0 Å². The molecule has 106 valence electrons. The van der Waals surface area contributed by atoms with Crippen LogP contribution in [-0.4, -0.2) is 18.0 Å². The van der Waals surface area contributed by atoms with Crippen molar-refractivity contribution in [1.82, 2.24) is 4.98 Å². The van der Waals surface area contributed by atoms with Crippen LogP contribution in [-0.2, 0) is 0 Å². The van der Waals surface area contributed by atoms with Gasteiger partial charge >= 0.3 is 0 Å². The number of ether oxygens (including phenoxy) is 1. The summed E-state index contributed by atoms with van der Waals surface area (Å²) >= 11 is 0. The summed E-state index contributed by atoms with van der Waals surface area (Å²) in [6.07, 6.45) is 3.23. The first-order valence-electron chi connectivity index (χ1n) is 6.47. The summed E-state index contributed by atoms with van der Waals surface area (Å²) in [6.45, 7) is 1.85. The molecule has 0 spiro atoms. The lowest BCUT2D eigenvalue weighted by Gasteiger charge is -2.02. The van der Waals surface area contributed by atoms with Crippen molar-refractivity contribution in [2.75, 3.05) is 12.4 Å². The second kappa shape index (κ2) is 5.28. The summed E-state index contributed by atoms with van der Waals surface area (Å²) in [5.74, 6) is 0.747. The summed E-state index contributed by atoms with van der Waals surface area (Å²) in [5.41, 5.74) is 2.12. The number of hydrogen-bond acceptors (Lipinski definition) is 4. The van der Waals surface area contributed by atoms with Gasteiger partial charge in [-0.05, 0) is 37.3 Å². The lowest BCUT2D eigenvalue weighted by molar-refractivity contribution is 0.0998. The molecule has 3 aromatic rings. The maximum Gasteiger partial charge on any atom is 0.291 e. The summed E-state index contributed by atoms with van der Waals surface area (Å²) in [5, 5.41) is 3.65. The fourth-order valence-electron chi connectivity index (χ4n) is 2.17. The topological polar surface area (TPSA) is 64.4 Å². The Morgan fingerprint density at radius 2 is 2.00 bits per heavy atom. The average molecular weight is 282 g/mol. The monoisotopic (exact) mass is 282 g/mol. The van der Waals surface area contributed by atoms with Crippen LogP contribution in [0.1, 0.15) is 16.1 Å². The normalized spacial score (nSPS) is 10.6. The number of rotatable bonds is 3. The Hall–Kier alpha value is -2.82. The van der Waals surface area contributed by atoms with Gasteiger partial charge in [0.05, 0.1) is 7.11 Å². The minimum absolute atomic E-state index is 0.283. The lowest BCUT2D eigenvalue weighted by Crippen LogP contribution is -2.11. The van der Waals surface area contributed by atoms with Crippen LogP contribution in [0.15, 0.2) is 47.1 Å². The van der Waals surface area contributed by atoms with Crippen molar-refractivity contribution in [3.63, 3.8) is 0 Å². The molecule has 2 heterocycles. The van der Waals surface area contributed by atoms with Crippen LogP contribution in [0, 0.1) is 6.92 Å². The van der Waals surface area contributed by atoms with E-state index in [1.165, 1.54) is 0 Å². The molecular formula is C16H14N2O3. The number of anilines is 1. The number of amides is 1. The number of fused-ring (bicyclic) bond motifs is 1. The number of pyridine rings is 1. The van der Waals surface area contributed by atoms with E-state index in [2.05, 4.69) is 10.3 Å². The zero-order valence-electron chi connectivity index (χ0n) is 11.7. The van der Waals surface area contributed by atoms with Gasteiger partial charge in [-0.3, -0.25) is 9.78 Å². The molecule has 21 heavy (non-hydrogen) atoms. The fraction of sp³-hybridized carbons (Fsp3) is 0.125. The zero-order chi connectivity index (χ0) is 14.8. The van der Waals surface area contributed by atoms with Crippen molar-refractivity contribution in [3.8, 4) is 5.75 Å². The van der Waals surface area contributed by atoms with Gasteiger partial charge in [-0.2, -0.15) is 0 Å². The number of nitrogens with zero attached hydrogens (tertiary/aromatic N) is 1. The standard InChI is InChI=1S/C16H14N2O3/c1-10-13-9-12(20-2)3-4-14(13)21-15(10)16(19)18-11-5-7-17-8-6-11/h3-9H,1-2H3,(H,17,18,19). The highest BCUT2D eigenvalue weighted by Crippen LogP contribution is 2.29. The Bertz CT molecular complexity index is 794. The maximum absolute atomic E-state index is 12.3. The van der Waals surface area contributed by atoms with E-state index >= 15 is 0 Å². The highest BCUT2D eigenvalue weighted by atomic mass is 16.5. The van der Waals surface area contributed by atoms with Gasteiger partial charge in [0.1, 0.15) is 11.3 Å². The van der Waals surface area contributed by atoms with Gasteiger partial charge in [0.25, 0.3) is 5.91 Å². The van der Waals surface area contributed by atoms with Gasteiger partial charge < -0.3 is 14.5 Å². The van der Waals surface area contributed by atoms with Crippen molar-refractivity contribution in [1.29, 1.82) is 0 Å². The van der Waals surface area contributed by atoms with Crippen LogP contribution in [0.2, 0.25) is 0 Å². The number of benzene rings is 1. The van der Waals surface area contributed by atoms with E-state index in [9.17, 15) is 4.79 Å². The van der Waals surface area contributed by atoms with Crippen LogP contribution < -0.4 is 10.1 Å². The van der Waals surface area contributed by atoms with E-state index < -0.39 is 0 Å². The molecule has 0 unspecified atom stereocenters. The molecule has 0 bridgehead atoms. The number of furan rings is 1. The molecule has 1 amide bonds. The highest BCUT2D eigenvalue weighted by Gasteiger charge is 2.18. The molecule has 1 N–H and O–H groups in total. The van der Waals surface area contributed by atoms with Crippen LogP contribution in [0.25, 0.3) is 11.0 Å². The molecule has 0 atom stereocenters. The Morgan fingerprint density at radius 1 is 1.24 bits per heavy atom. The predicted molar refractivity (Wildman–Crippen MR) is 79.7 cm³/mol. The second-order valence-electron chi connectivity index (χ2n) is 4.61. The molecule has 3 rings (SSSR count). The molecule has 0 saturated heterocycles. The van der Waals surface area contributed by atoms with Crippen LogP contribution in [0.3, 0.4) is 0 Å². The van der Waals surface area contributed by atoms with Crippen molar-refractivity contribution >= 4 is 22.6 Å². The molecule has 0 aliphatic heterocycles. The van der Waals surface area contributed by atoms with Crippen LogP contribution in [0.4, 0.5) is 5.69 Å². The molecular weight excluding hydrogens is 268 g/mol. The molecule has 1 aromatic carbocycles. The fourth-order valence-corrected chi connectivity index (χ4v) is 2.17. The van der Waals surface area contributed by atoms with Gasteiger partial charge in [0, 0.05) is 29.0 Å². The minimum atomic E-state index is -0.283. The van der Waals surface area contributed by atoms with E-state index in [1.807, 2.05) is 13.0 Å². The van der Waals surface area contributed by atoms with E-state index in [0.717, 1.165) is 16.7 Å². The first kappa shape index (κ1) is 13.2. The maximum atomic E-state index is 12.3. The third-order valence-corrected chi connectivity index (χ3v) is 3.29. The number of carbonyl (C=O) groups excluding carboxylic acids is 1. The number of hydrogen-bond donors (Lipinski definition) is 1. The number of methoxy groups -OCH3 is 1.